The van der Waals surface area contributed by atoms with Gasteiger partial charge in [0.15, 0.2) is 0 Å². The standard InChI is InChI=1S/C26H43NO6/c1-14(4-7-22(31)27-13-23(32)33)17-5-6-18-24-19(12-21(30)26(17,18)3)25(2)9-8-16(28)10-15(25)11-20(24)29/h14-21,24,28-30H,4-13H2,1-3H3,(H,27,31)(H,32,33)/t14-,15+,16-,17-,18+,19+,20+,21+,24+,25+,26+/m0/s1. The maximum Gasteiger partial charge on any atom is 0.322 e. The molecule has 0 aromatic rings. The average molecular weight is 466 g/mol. The monoisotopic (exact) mass is 465 g/mol. The van der Waals surface area contributed by atoms with Crippen molar-refractivity contribution in [3.63, 3.8) is 0 Å². The first-order valence-electron chi connectivity index (χ1n) is 13.0. The summed E-state index contributed by atoms with van der Waals surface area (Å²) in [6.45, 7) is 6.35. The summed E-state index contributed by atoms with van der Waals surface area (Å²) in [6, 6.07) is 0. The smallest absolute Gasteiger partial charge is 0.322 e. The highest BCUT2D eigenvalue weighted by Crippen LogP contribution is 2.68. The molecule has 4 rings (SSSR count). The Bertz CT molecular complexity index is 759. The van der Waals surface area contributed by atoms with Crippen LogP contribution >= 0.6 is 0 Å². The lowest BCUT2D eigenvalue weighted by atomic mass is 9.43. The Morgan fingerprint density at radius 3 is 2.45 bits per heavy atom. The molecule has 5 N–H and O–H groups in total. The van der Waals surface area contributed by atoms with Gasteiger partial charge in [0.05, 0.1) is 18.3 Å². The van der Waals surface area contributed by atoms with Gasteiger partial charge >= 0.3 is 5.97 Å². The maximum atomic E-state index is 12.0. The fraction of sp³-hybridized carbons (Fsp3) is 0.923. The van der Waals surface area contributed by atoms with Crippen LogP contribution in [0.4, 0.5) is 0 Å². The van der Waals surface area contributed by atoms with Crippen LogP contribution < -0.4 is 5.32 Å². The third kappa shape index (κ3) is 4.23. The molecule has 4 aliphatic rings. The second kappa shape index (κ2) is 9.12. The quantitative estimate of drug-likeness (QED) is 0.410. The van der Waals surface area contributed by atoms with Gasteiger partial charge in [0.1, 0.15) is 6.54 Å². The van der Waals surface area contributed by atoms with E-state index in [9.17, 15) is 24.9 Å². The molecule has 33 heavy (non-hydrogen) atoms. The minimum atomic E-state index is -1.04. The molecule has 0 unspecified atom stereocenters. The van der Waals surface area contributed by atoms with Crippen molar-refractivity contribution in [3.8, 4) is 0 Å². The highest BCUT2D eigenvalue weighted by atomic mass is 16.4. The predicted molar refractivity (Wildman–Crippen MR) is 123 cm³/mol. The second-order valence-electron chi connectivity index (χ2n) is 12.2. The van der Waals surface area contributed by atoms with Gasteiger partial charge in [-0.15, -0.1) is 0 Å². The zero-order valence-corrected chi connectivity index (χ0v) is 20.4. The number of aliphatic hydroxyl groups excluding tert-OH is 3. The number of fused-ring (bicyclic) bond motifs is 5. The van der Waals surface area contributed by atoms with E-state index in [2.05, 4.69) is 26.1 Å². The lowest BCUT2D eigenvalue weighted by Crippen LogP contribution is -2.62. The zero-order chi connectivity index (χ0) is 24.1. The third-order valence-electron chi connectivity index (χ3n) is 10.8. The summed E-state index contributed by atoms with van der Waals surface area (Å²) < 4.78 is 0. The van der Waals surface area contributed by atoms with Crippen molar-refractivity contribution < 1.29 is 30.0 Å². The first-order chi connectivity index (χ1) is 15.5. The van der Waals surface area contributed by atoms with E-state index in [0.29, 0.717) is 25.2 Å². The number of carboxylic acid groups (broad SMARTS) is 1. The van der Waals surface area contributed by atoms with Crippen LogP contribution in [0.2, 0.25) is 0 Å². The van der Waals surface area contributed by atoms with Crippen LogP contribution in [0.25, 0.3) is 0 Å². The first-order valence-corrected chi connectivity index (χ1v) is 13.0. The molecule has 7 nitrogen and oxygen atoms in total. The Labute approximate surface area is 197 Å². The van der Waals surface area contributed by atoms with E-state index >= 15 is 0 Å². The molecule has 11 atom stereocenters. The topological polar surface area (TPSA) is 127 Å². The summed E-state index contributed by atoms with van der Waals surface area (Å²) >= 11 is 0. The van der Waals surface area contributed by atoms with Gasteiger partial charge in [0, 0.05) is 6.42 Å². The highest BCUT2D eigenvalue weighted by Gasteiger charge is 2.65. The molecule has 0 aromatic carbocycles. The number of aliphatic hydroxyl groups is 3. The SMILES string of the molecule is C[C@@H](CCC(=O)NCC(=O)O)[C@@H]1CC[C@@H]2[C@H]3[C@H](O)C[C@H]4C[C@@H](O)CC[C@@]4(C)[C@@H]3C[C@@H](O)[C@@]21C. The van der Waals surface area contributed by atoms with Gasteiger partial charge in [-0.05, 0) is 97.7 Å². The van der Waals surface area contributed by atoms with Gasteiger partial charge in [-0.3, -0.25) is 9.59 Å². The van der Waals surface area contributed by atoms with E-state index in [0.717, 1.165) is 38.5 Å². The van der Waals surface area contributed by atoms with E-state index < -0.39 is 12.1 Å². The maximum absolute atomic E-state index is 12.0. The number of amides is 1. The van der Waals surface area contributed by atoms with Gasteiger partial charge in [-0.1, -0.05) is 20.8 Å². The normalized spacial score (nSPS) is 47.7. The van der Waals surface area contributed by atoms with Crippen LogP contribution in [-0.4, -0.2) is 57.2 Å². The van der Waals surface area contributed by atoms with Crippen molar-refractivity contribution in [1.82, 2.24) is 5.32 Å². The number of hydrogen-bond donors (Lipinski definition) is 5. The Morgan fingerprint density at radius 1 is 1.03 bits per heavy atom. The molecule has 0 aliphatic heterocycles. The third-order valence-corrected chi connectivity index (χ3v) is 10.8. The summed E-state index contributed by atoms with van der Waals surface area (Å²) in [4.78, 5) is 22.7. The molecule has 188 valence electrons. The Hall–Kier alpha value is -1.18. The largest absolute Gasteiger partial charge is 0.480 e. The van der Waals surface area contributed by atoms with Crippen molar-refractivity contribution in [3.05, 3.63) is 0 Å². The molecular weight excluding hydrogens is 422 g/mol. The van der Waals surface area contributed by atoms with Gasteiger partial charge < -0.3 is 25.7 Å². The minimum absolute atomic E-state index is 0.0668. The predicted octanol–water partition coefficient (Wildman–Crippen LogP) is 2.56. The van der Waals surface area contributed by atoms with Crippen LogP contribution in [0, 0.1) is 46.3 Å². The molecule has 7 heteroatoms. The van der Waals surface area contributed by atoms with Crippen LogP contribution in [-0.2, 0) is 9.59 Å². The zero-order valence-electron chi connectivity index (χ0n) is 20.4. The van der Waals surface area contributed by atoms with Crippen LogP contribution in [0.5, 0.6) is 0 Å². The lowest BCUT2D eigenvalue weighted by Gasteiger charge is -2.63. The molecule has 0 spiro atoms. The number of carboxylic acids is 1. The number of rotatable bonds is 6. The number of carbonyl (C=O) groups excluding carboxylic acids is 1. The fourth-order valence-electron chi connectivity index (χ4n) is 8.95. The second-order valence-corrected chi connectivity index (χ2v) is 12.2. The van der Waals surface area contributed by atoms with Gasteiger partial charge in [0.25, 0.3) is 0 Å². The minimum Gasteiger partial charge on any atom is -0.480 e. The summed E-state index contributed by atoms with van der Waals surface area (Å²) in [7, 11) is 0. The number of hydrogen-bond acceptors (Lipinski definition) is 5. The summed E-state index contributed by atoms with van der Waals surface area (Å²) in [6.07, 6.45) is 5.86. The fourth-order valence-corrected chi connectivity index (χ4v) is 8.95. The molecule has 0 bridgehead atoms. The lowest BCUT2D eigenvalue weighted by molar-refractivity contribution is -0.207. The molecule has 4 saturated carbocycles. The summed E-state index contributed by atoms with van der Waals surface area (Å²) in [5, 5.41) is 44.4. The Kier molecular flexibility index (Phi) is 6.89. The van der Waals surface area contributed by atoms with E-state index in [-0.39, 0.29) is 65.1 Å². The molecule has 0 saturated heterocycles. The van der Waals surface area contributed by atoms with Gasteiger partial charge in [0.2, 0.25) is 5.91 Å². The van der Waals surface area contributed by atoms with E-state index in [1.165, 1.54) is 0 Å². The molecule has 1 amide bonds. The van der Waals surface area contributed by atoms with E-state index in [1.54, 1.807) is 0 Å². The Morgan fingerprint density at radius 2 is 1.76 bits per heavy atom. The molecule has 0 aromatic heterocycles. The van der Waals surface area contributed by atoms with Gasteiger partial charge in [-0.25, -0.2) is 0 Å². The number of nitrogens with one attached hydrogen (secondary N) is 1. The molecular formula is C26H43NO6. The van der Waals surface area contributed by atoms with Crippen LogP contribution in [0.1, 0.15) is 78.6 Å². The first kappa shape index (κ1) is 24.9. The van der Waals surface area contributed by atoms with Crippen molar-refractivity contribution in [2.45, 2.75) is 96.9 Å². The van der Waals surface area contributed by atoms with Gasteiger partial charge in [-0.2, -0.15) is 0 Å². The molecule has 0 heterocycles. The van der Waals surface area contributed by atoms with Crippen molar-refractivity contribution in [2.24, 2.45) is 46.3 Å². The van der Waals surface area contributed by atoms with Crippen molar-refractivity contribution in [1.29, 1.82) is 0 Å². The van der Waals surface area contributed by atoms with E-state index in [4.69, 9.17) is 5.11 Å². The molecule has 4 aliphatic carbocycles. The van der Waals surface area contributed by atoms with Crippen LogP contribution in [0.15, 0.2) is 0 Å². The van der Waals surface area contributed by atoms with Crippen LogP contribution in [0.3, 0.4) is 0 Å². The molecule has 4 fully saturated rings. The summed E-state index contributed by atoms with van der Waals surface area (Å²) in [5.74, 6) is 0.265. The average Bonchev–Trinajstić information content (AvgIpc) is 3.11. The van der Waals surface area contributed by atoms with E-state index in [1.807, 2.05) is 0 Å². The van der Waals surface area contributed by atoms with Crippen molar-refractivity contribution in [2.75, 3.05) is 6.54 Å². The number of aliphatic carboxylic acids is 1. The summed E-state index contributed by atoms with van der Waals surface area (Å²) in [5.41, 5.74) is -0.214. The molecule has 0 radical (unpaired) electrons. The number of carbonyl (C=O) groups is 2. The van der Waals surface area contributed by atoms with Crippen molar-refractivity contribution >= 4 is 11.9 Å². The highest BCUT2D eigenvalue weighted by molar-refractivity contribution is 5.81. The Balaban J connectivity index is 1.49.